The van der Waals surface area contributed by atoms with Crippen LogP contribution in [0.25, 0.3) is 0 Å². The third kappa shape index (κ3) is 8.44. The van der Waals surface area contributed by atoms with E-state index in [0.717, 1.165) is 25.5 Å². The number of hydrogen-bond acceptors (Lipinski definition) is 5. The molecule has 38 heavy (non-hydrogen) atoms. The number of halogens is 2. The zero-order valence-corrected chi connectivity index (χ0v) is 23.4. The van der Waals surface area contributed by atoms with Gasteiger partial charge in [0.1, 0.15) is 11.6 Å². The van der Waals surface area contributed by atoms with Crippen molar-refractivity contribution in [1.82, 2.24) is 15.1 Å². The molecule has 0 saturated heterocycles. The quantitative estimate of drug-likeness (QED) is 0.301. The van der Waals surface area contributed by atoms with Crippen molar-refractivity contribution < 1.29 is 23.5 Å². The van der Waals surface area contributed by atoms with Crippen LogP contribution in [0.15, 0.2) is 41.5 Å². The minimum Gasteiger partial charge on any atom is -0.391 e. The Morgan fingerprint density at radius 3 is 2.24 bits per heavy atom. The van der Waals surface area contributed by atoms with Crippen molar-refractivity contribution in [2.45, 2.75) is 52.6 Å². The minimum absolute atomic E-state index is 0.000340. The van der Waals surface area contributed by atoms with Crippen molar-refractivity contribution in [3.8, 4) is 0 Å². The molecule has 9 heteroatoms. The van der Waals surface area contributed by atoms with Crippen LogP contribution >= 0.6 is 0 Å². The summed E-state index contributed by atoms with van der Waals surface area (Å²) in [7, 11) is 3.87. The Hall–Kier alpha value is -2.62. The number of nitrogens with zero attached hydrogens (tertiary/aromatic N) is 2. The smallest absolute Gasteiger partial charge is 0.249 e. The Labute approximate surface area is 225 Å². The monoisotopic (exact) mass is 534 g/mol. The lowest BCUT2D eigenvalue weighted by molar-refractivity contribution is -0.132. The summed E-state index contributed by atoms with van der Waals surface area (Å²) in [4.78, 5) is 30.6. The molecule has 0 bridgehead atoms. The lowest BCUT2D eigenvalue weighted by atomic mass is 9.63. The van der Waals surface area contributed by atoms with Gasteiger partial charge in [0.25, 0.3) is 0 Å². The van der Waals surface area contributed by atoms with Crippen LogP contribution in [0, 0.1) is 23.0 Å². The van der Waals surface area contributed by atoms with Crippen molar-refractivity contribution in [2.75, 3.05) is 46.8 Å². The molecule has 0 radical (unpaired) electrons. The van der Waals surface area contributed by atoms with Crippen LogP contribution in [0.2, 0.25) is 0 Å². The molecule has 2 amide bonds. The van der Waals surface area contributed by atoms with Gasteiger partial charge in [-0.1, -0.05) is 31.6 Å². The Kier molecular flexibility index (Phi) is 12.1. The van der Waals surface area contributed by atoms with Crippen molar-refractivity contribution in [2.24, 2.45) is 17.1 Å². The number of aliphatic hydroxyl groups excluding tert-OH is 1. The molecule has 3 atom stereocenters. The van der Waals surface area contributed by atoms with Gasteiger partial charge in [-0.3, -0.25) is 9.59 Å². The predicted octanol–water partition coefficient (Wildman–Crippen LogP) is 3.03. The van der Waals surface area contributed by atoms with Gasteiger partial charge in [-0.2, -0.15) is 0 Å². The molecule has 1 aliphatic rings. The molecule has 1 aromatic carbocycles. The number of rotatable bonds is 15. The first-order valence-corrected chi connectivity index (χ1v) is 13.4. The molecule has 0 spiro atoms. The fourth-order valence-corrected chi connectivity index (χ4v) is 5.25. The molecule has 1 aromatic rings. The second-order valence-corrected chi connectivity index (χ2v) is 10.6. The average Bonchev–Trinajstić information content (AvgIpc) is 2.83. The summed E-state index contributed by atoms with van der Waals surface area (Å²) in [6.45, 7) is 8.42. The van der Waals surface area contributed by atoms with E-state index in [2.05, 4.69) is 5.32 Å². The van der Waals surface area contributed by atoms with Gasteiger partial charge in [0.05, 0.1) is 11.5 Å². The van der Waals surface area contributed by atoms with Crippen LogP contribution in [0.5, 0.6) is 0 Å². The van der Waals surface area contributed by atoms with Gasteiger partial charge >= 0.3 is 0 Å². The number of benzene rings is 1. The molecule has 0 aromatic heterocycles. The lowest BCUT2D eigenvalue weighted by Crippen LogP contribution is -2.52. The van der Waals surface area contributed by atoms with Crippen LogP contribution in [0.3, 0.4) is 0 Å². The van der Waals surface area contributed by atoms with Crippen LogP contribution in [-0.4, -0.2) is 79.6 Å². The first-order chi connectivity index (χ1) is 17.9. The van der Waals surface area contributed by atoms with Crippen LogP contribution in [-0.2, 0) is 16.0 Å². The molecule has 0 aliphatic heterocycles. The Morgan fingerprint density at radius 1 is 1.11 bits per heavy atom. The first kappa shape index (κ1) is 31.6. The molecule has 1 aliphatic carbocycles. The summed E-state index contributed by atoms with van der Waals surface area (Å²) in [5.41, 5.74) is 6.03. The highest BCUT2D eigenvalue weighted by molar-refractivity contribution is 5.96. The van der Waals surface area contributed by atoms with Gasteiger partial charge in [-0.25, -0.2) is 8.78 Å². The van der Waals surface area contributed by atoms with E-state index in [1.54, 1.807) is 24.0 Å². The summed E-state index contributed by atoms with van der Waals surface area (Å²) in [6, 6.07) is 3.17. The Bertz CT molecular complexity index is 1000. The van der Waals surface area contributed by atoms with Crippen molar-refractivity contribution >= 4 is 11.8 Å². The second-order valence-electron chi connectivity index (χ2n) is 10.6. The number of nitrogens with two attached hydrogens (primary N) is 1. The van der Waals surface area contributed by atoms with E-state index in [-0.39, 0.29) is 25.3 Å². The summed E-state index contributed by atoms with van der Waals surface area (Å²) >= 11 is 0. The van der Waals surface area contributed by atoms with Gasteiger partial charge in [0.2, 0.25) is 11.8 Å². The summed E-state index contributed by atoms with van der Waals surface area (Å²) in [5.74, 6) is -3.19. The molecule has 7 nitrogen and oxygen atoms in total. The third-order valence-electron chi connectivity index (χ3n) is 6.97. The van der Waals surface area contributed by atoms with E-state index < -0.39 is 35.0 Å². The number of carbonyl (C=O) groups is 2. The van der Waals surface area contributed by atoms with E-state index in [9.17, 15) is 23.5 Å². The normalized spacial score (nSPS) is 19.1. The molecular formula is C29H44F2N4O3. The summed E-state index contributed by atoms with van der Waals surface area (Å²) in [6.07, 6.45) is 3.96. The highest BCUT2D eigenvalue weighted by atomic mass is 19.1. The highest BCUT2D eigenvalue weighted by Crippen LogP contribution is 2.44. The van der Waals surface area contributed by atoms with Crippen LogP contribution in [0.4, 0.5) is 8.78 Å². The molecule has 0 heterocycles. The lowest BCUT2D eigenvalue weighted by Gasteiger charge is -2.42. The maximum atomic E-state index is 14.1. The van der Waals surface area contributed by atoms with E-state index in [1.807, 2.05) is 32.8 Å². The molecule has 212 valence electrons. The maximum absolute atomic E-state index is 14.1. The van der Waals surface area contributed by atoms with E-state index >= 15 is 0 Å². The zero-order chi connectivity index (χ0) is 28.5. The second kappa shape index (κ2) is 14.5. The fraction of sp³-hybridized carbons (Fsp3) is 0.586. The van der Waals surface area contributed by atoms with Crippen molar-refractivity contribution in [1.29, 1.82) is 0 Å². The van der Waals surface area contributed by atoms with Gasteiger partial charge in [0, 0.05) is 50.3 Å². The molecule has 0 fully saturated rings. The molecule has 1 unspecified atom stereocenters. The number of allylic oxidation sites excluding steroid dienone is 2. The van der Waals surface area contributed by atoms with E-state index in [4.69, 9.17) is 5.73 Å². The fourth-order valence-electron chi connectivity index (χ4n) is 5.25. The summed E-state index contributed by atoms with van der Waals surface area (Å²) in [5, 5.41) is 14.6. The SMILES string of the molecule is CCCN(CCC)C(=O)C1=CC(C)=CC(C(N)=O)([C@H](Cc2cc(F)cc(F)c2)[C@@H](O)CNCCN(C)C)C1. The van der Waals surface area contributed by atoms with E-state index in [1.165, 1.54) is 12.1 Å². The Morgan fingerprint density at radius 2 is 1.71 bits per heavy atom. The first-order valence-electron chi connectivity index (χ1n) is 13.4. The highest BCUT2D eigenvalue weighted by Gasteiger charge is 2.48. The number of carbonyl (C=O) groups excluding carboxylic acids is 2. The van der Waals surface area contributed by atoms with E-state index in [0.29, 0.717) is 36.3 Å². The van der Waals surface area contributed by atoms with Gasteiger partial charge in [-0.15, -0.1) is 0 Å². The van der Waals surface area contributed by atoms with Crippen LogP contribution < -0.4 is 11.1 Å². The predicted molar refractivity (Wildman–Crippen MR) is 146 cm³/mol. The minimum atomic E-state index is -1.43. The number of aliphatic hydroxyl groups is 1. The largest absolute Gasteiger partial charge is 0.391 e. The molecule has 2 rings (SSSR count). The number of hydrogen-bond donors (Lipinski definition) is 3. The molecular weight excluding hydrogens is 490 g/mol. The average molecular weight is 535 g/mol. The number of amides is 2. The van der Waals surface area contributed by atoms with Crippen molar-refractivity contribution in [3.63, 3.8) is 0 Å². The maximum Gasteiger partial charge on any atom is 0.249 e. The van der Waals surface area contributed by atoms with Crippen molar-refractivity contribution in [3.05, 3.63) is 58.7 Å². The zero-order valence-electron chi connectivity index (χ0n) is 23.4. The van der Waals surface area contributed by atoms with Gasteiger partial charge in [0.15, 0.2) is 0 Å². The van der Waals surface area contributed by atoms with Gasteiger partial charge < -0.3 is 26.0 Å². The van der Waals surface area contributed by atoms with Gasteiger partial charge in [-0.05, 0) is 64.4 Å². The number of primary amides is 1. The third-order valence-corrected chi connectivity index (χ3v) is 6.97. The standard InChI is InChI=1S/C29H44F2N4O3/c1-6-9-35(10-7-2)27(37)22-12-20(3)17-29(18-22,28(32)38)25(26(36)19-33-8-11-34(4)5)15-21-13-23(30)16-24(31)14-21/h12-14,16-17,25-26,33,36H,6-11,15,18-19H2,1-5H3,(H2,32,38)/t25-,26+,29?/m1/s1. The number of likely N-dealkylation sites (N-methyl/N-ethyl adjacent to an activating group) is 1. The Balaban J connectivity index is 2.50. The molecule has 4 N–H and O–H groups in total. The number of nitrogens with one attached hydrogen (secondary N) is 1. The summed E-state index contributed by atoms with van der Waals surface area (Å²) < 4.78 is 28.2. The van der Waals surface area contributed by atoms with Crippen LogP contribution in [0.1, 0.15) is 45.6 Å². The molecule has 0 saturated carbocycles. The topological polar surface area (TPSA) is 98.9 Å².